The lowest BCUT2D eigenvalue weighted by Crippen LogP contribution is -2.57. The molecule has 0 amide bonds. The van der Waals surface area contributed by atoms with E-state index in [-0.39, 0.29) is 36.6 Å². The van der Waals surface area contributed by atoms with Crippen molar-refractivity contribution < 1.29 is 9.53 Å². The predicted octanol–water partition coefficient (Wildman–Crippen LogP) is 3.22. The van der Waals surface area contributed by atoms with Gasteiger partial charge in [0.15, 0.2) is 0 Å². The zero-order valence-corrected chi connectivity index (χ0v) is 23.2. The van der Waals surface area contributed by atoms with Gasteiger partial charge in [-0.15, -0.1) is 24.8 Å². The Morgan fingerprint density at radius 2 is 1.81 bits per heavy atom. The van der Waals surface area contributed by atoms with Crippen molar-refractivity contribution in [2.45, 2.75) is 32.2 Å². The van der Waals surface area contributed by atoms with Crippen molar-refractivity contribution in [3.8, 4) is 0 Å². The van der Waals surface area contributed by atoms with E-state index >= 15 is 0 Å². The van der Waals surface area contributed by atoms with Crippen molar-refractivity contribution in [1.29, 1.82) is 5.41 Å². The number of piperidine rings is 1. The van der Waals surface area contributed by atoms with Crippen molar-refractivity contribution in [2.75, 3.05) is 57.3 Å². The number of esters is 1. The highest BCUT2D eigenvalue weighted by molar-refractivity contribution is 5.95. The number of amidine groups is 1. The van der Waals surface area contributed by atoms with Crippen LogP contribution in [0.15, 0.2) is 48.7 Å². The second kappa shape index (κ2) is 15.1. The minimum absolute atomic E-state index is 0. The molecule has 0 bridgehead atoms. The zero-order valence-electron chi connectivity index (χ0n) is 21.6. The van der Waals surface area contributed by atoms with Crippen LogP contribution in [0, 0.1) is 11.3 Å². The largest absolute Gasteiger partial charge is 0.465 e. The highest BCUT2D eigenvalue weighted by Crippen LogP contribution is 2.28. The van der Waals surface area contributed by atoms with Crippen LogP contribution in [0.5, 0.6) is 0 Å². The number of nitrogens with zero attached hydrogens (tertiary/aromatic N) is 4. The molecule has 0 spiro atoms. The molecule has 10 heteroatoms. The minimum Gasteiger partial charge on any atom is -0.465 e. The summed E-state index contributed by atoms with van der Waals surface area (Å²) in [5.74, 6) is 0.466. The Morgan fingerprint density at radius 1 is 1.08 bits per heavy atom. The molecule has 2 unspecified atom stereocenters. The van der Waals surface area contributed by atoms with Gasteiger partial charge in [0.2, 0.25) is 0 Å². The lowest BCUT2D eigenvalue weighted by atomic mass is 9.86. The third-order valence-corrected chi connectivity index (χ3v) is 7.26. The Morgan fingerprint density at radius 3 is 2.43 bits per heavy atom. The second-order valence-electron chi connectivity index (χ2n) is 9.50. The number of halogens is 2. The van der Waals surface area contributed by atoms with Crippen molar-refractivity contribution in [3.63, 3.8) is 0 Å². The number of hydrogen-bond donors (Lipinski definition) is 2. The maximum absolute atomic E-state index is 12.1. The third kappa shape index (κ3) is 8.57. The first-order valence-corrected chi connectivity index (χ1v) is 12.7. The maximum Gasteiger partial charge on any atom is 0.320 e. The number of nitrogens with one attached hydrogen (secondary N) is 1. The van der Waals surface area contributed by atoms with Crippen molar-refractivity contribution in [3.05, 3.63) is 59.9 Å². The summed E-state index contributed by atoms with van der Waals surface area (Å²) < 4.78 is 5.20. The Kier molecular flexibility index (Phi) is 12.6. The van der Waals surface area contributed by atoms with Crippen molar-refractivity contribution in [2.24, 2.45) is 11.7 Å². The number of aromatic nitrogens is 1. The molecule has 3 heterocycles. The Hall–Kier alpha value is -2.39. The van der Waals surface area contributed by atoms with E-state index in [4.69, 9.17) is 15.9 Å². The summed E-state index contributed by atoms with van der Waals surface area (Å²) in [6.07, 6.45) is 4.95. The summed E-state index contributed by atoms with van der Waals surface area (Å²) in [6.45, 7) is 8.53. The van der Waals surface area contributed by atoms with Gasteiger partial charge in [-0.05, 0) is 68.5 Å². The highest BCUT2D eigenvalue weighted by Gasteiger charge is 2.35. The van der Waals surface area contributed by atoms with Gasteiger partial charge in [-0.2, -0.15) is 0 Å². The molecule has 1 aromatic carbocycles. The molecule has 2 fully saturated rings. The molecule has 1 aromatic heterocycles. The monoisotopic (exact) mass is 550 g/mol. The van der Waals surface area contributed by atoms with Gasteiger partial charge < -0.3 is 15.4 Å². The third-order valence-electron chi connectivity index (χ3n) is 7.26. The molecule has 204 valence electrons. The van der Waals surface area contributed by atoms with E-state index in [1.54, 1.807) is 0 Å². The number of nitrogens with two attached hydrogens (primary N) is 1. The smallest absolute Gasteiger partial charge is 0.320 e. The van der Waals surface area contributed by atoms with Gasteiger partial charge in [-0.3, -0.25) is 25.0 Å². The van der Waals surface area contributed by atoms with E-state index in [9.17, 15) is 4.79 Å². The van der Waals surface area contributed by atoms with Gasteiger partial charge >= 0.3 is 5.97 Å². The van der Waals surface area contributed by atoms with Gasteiger partial charge in [0.05, 0.1) is 13.2 Å². The quantitative estimate of drug-likeness (QED) is 0.281. The molecule has 2 aromatic rings. The number of likely N-dealkylation sites (tertiary alicyclic amines) is 1. The normalized spacial score (nSPS) is 20.4. The molecule has 8 nitrogen and oxygen atoms in total. The second-order valence-corrected chi connectivity index (χ2v) is 9.50. The van der Waals surface area contributed by atoms with Gasteiger partial charge in [0.1, 0.15) is 5.84 Å². The number of anilines is 1. The summed E-state index contributed by atoms with van der Waals surface area (Å²) in [6, 6.07) is 14.6. The number of ether oxygens (including phenoxy) is 1. The summed E-state index contributed by atoms with van der Waals surface area (Å²) >= 11 is 0. The number of piperazine rings is 1. The lowest BCUT2D eigenvalue weighted by Gasteiger charge is -2.47. The Bertz CT molecular complexity index is 971. The first kappa shape index (κ1) is 30.8. The summed E-state index contributed by atoms with van der Waals surface area (Å²) in [4.78, 5) is 24.0. The fourth-order valence-corrected chi connectivity index (χ4v) is 5.44. The van der Waals surface area contributed by atoms with Crippen LogP contribution >= 0.6 is 24.8 Å². The average molecular weight is 552 g/mol. The number of aryl methyl sites for hydroxylation is 1. The number of rotatable bonds is 9. The van der Waals surface area contributed by atoms with E-state index in [1.165, 1.54) is 5.69 Å². The Balaban J connectivity index is 0.00000241. The van der Waals surface area contributed by atoms with Gasteiger partial charge in [0, 0.05) is 68.5 Å². The number of nitrogen functional groups attached to an aromatic ring is 1. The van der Waals surface area contributed by atoms with E-state index in [0.29, 0.717) is 25.1 Å². The highest BCUT2D eigenvalue weighted by atomic mass is 35.5. The molecular formula is C27H40Cl2N6O2. The van der Waals surface area contributed by atoms with Crippen LogP contribution in [-0.2, 0) is 16.0 Å². The molecule has 37 heavy (non-hydrogen) atoms. The minimum atomic E-state index is -0.126. The van der Waals surface area contributed by atoms with Crippen LogP contribution in [0.2, 0.25) is 0 Å². The van der Waals surface area contributed by atoms with Crippen molar-refractivity contribution >= 4 is 42.3 Å². The molecule has 2 aliphatic heterocycles. The first-order valence-electron chi connectivity index (χ1n) is 12.7. The SMILES string of the molecule is CCOC(=O)CN1CCC(N2CCN(c3ccc(C(=N)N)cc3)CC2)C(CCc2ccccn2)C1.Cl.Cl. The molecule has 2 atom stereocenters. The summed E-state index contributed by atoms with van der Waals surface area (Å²) in [5.41, 5.74) is 8.68. The lowest BCUT2D eigenvalue weighted by molar-refractivity contribution is -0.145. The number of hydrogen-bond acceptors (Lipinski definition) is 7. The predicted molar refractivity (Wildman–Crippen MR) is 153 cm³/mol. The molecule has 3 N–H and O–H groups in total. The van der Waals surface area contributed by atoms with Crippen LogP contribution < -0.4 is 10.6 Å². The van der Waals surface area contributed by atoms with Crippen molar-refractivity contribution in [1.82, 2.24) is 14.8 Å². The standard InChI is InChI=1S/C27H38N6O2.2ClH/c1-2-35-26(34)20-31-14-12-25(22(19-31)6-9-23-5-3-4-13-30-23)33-17-15-32(16-18-33)24-10-7-21(8-11-24)27(28)29;;/h3-5,7-8,10-11,13,22,25H,2,6,9,12,14-20H2,1H3,(H3,28,29);2*1H. The summed E-state index contributed by atoms with van der Waals surface area (Å²) in [5, 5.41) is 7.60. The van der Waals surface area contributed by atoms with E-state index in [2.05, 4.69) is 43.9 Å². The summed E-state index contributed by atoms with van der Waals surface area (Å²) in [7, 11) is 0. The van der Waals surface area contributed by atoms with E-state index < -0.39 is 0 Å². The van der Waals surface area contributed by atoms with E-state index in [1.807, 2.05) is 31.3 Å². The number of benzene rings is 1. The zero-order chi connectivity index (χ0) is 24.6. The molecule has 0 aliphatic carbocycles. The van der Waals surface area contributed by atoms with Crippen LogP contribution in [0.25, 0.3) is 0 Å². The molecular weight excluding hydrogens is 511 g/mol. The molecule has 4 rings (SSSR count). The van der Waals surface area contributed by atoms with Gasteiger partial charge in [-0.1, -0.05) is 6.07 Å². The number of carbonyl (C=O) groups excluding carboxylic acids is 1. The molecule has 2 aliphatic rings. The number of pyridine rings is 1. The molecule has 2 saturated heterocycles. The van der Waals surface area contributed by atoms with Crippen LogP contribution in [-0.4, -0.2) is 85.1 Å². The van der Waals surface area contributed by atoms with Crippen LogP contribution in [0.4, 0.5) is 5.69 Å². The van der Waals surface area contributed by atoms with Crippen LogP contribution in [0.1, 0.15) is 31.0 Å². The van der Waals surface area contributed by atoms with E-state index in [0.717, 1.165) is 69.8 Å². The average Bonchev–Trinajstić information content (AvgIpc) is 2.88. The van der Waals surface area contributed by atoms with Gasteiger partial charge in [0.25, 0.3) is 0 Å². The van der Waals surface area contributed by atoms with Crippen LogP contribution in [0.3, 0.4) is 0 Å². The number of carbonyl (C=O) groups is 1. The topological polar surface area (TPSA) is 98.8 Å². The maximum atomic E-state index is 12.1. The molecule has 0 saturated carbocycles. The molecule has 0 radical (unpaired) electrons. The Labute approximate surface area is 232 Å². The first-order chi connectivity index (χ1) is 17.0. The van der Waals surface area contributed by atoms with Gasteiger partial charge in [-0.25, -0.2) is 0 Å². The fourth-order valence-electron chi connectivity index (χ4n) is 5.44. The fraction of sp³-hybridized carbons (Fsp3) is 0.519.